The second kappa shape index (κ2) is 2.20. The van der Waals surface area contributed by atoms with Crippen LogP contribution in [0.2, 0.25) is 0 Å². The van der Waals surface area contributed by atoms with Gasteiger partial charge in [0.15, 0.2) is 12.5 Å². The lowest BCUT2D eigenvalue weighted by Crippen LogP contribution is -2.26. The highest BCUT2D eigenvalue weighted by Crippen LogP contribution is 1.85. The summed E-state index contributed by atoms with van der Waals surface area (Å²) in [7, 11) is 0. The van der Waals surface area contributed by atoms with Gasteiger partial charge >= 0.3 is 5.63 Å². The number of hydrogen-bond acceptors (Lipinski definition) is 2. The molecule has 0 radical (unpaired) electrons. The van der Waals surface area contributed by atoms with Crippen molar-refractivity contribution in [3.05, 3.63) is 47.3 Å². The maximum Gasteiger partial charge on any atom is 0.409 e. The lowest BCUT2D eigenvalue weighted by molar-refractivity contribution is -0.515. The third-order valence-electron chi connectivity index (χ3n) is 1.50. The van der Waals surface area contributed by atoms with Gasteiger partial charge in [-0.2, -0.15) is 4.40 Å². The molecule has 3 heteroatoms. The largest absolute Gasteiger partial charge is 0.420 e. The lowest BCUT2D eigenvalue weighted by Gasteiger charge is -1.84. The summed E-state index contributed by atoms with van der Waals surface area (Å²) in [5.41, 5.74) is 0.239. The number of aromatic nitrogens is 1. The van der Waals surface area contributed by atoms with Crippen LogP contribution in [-0.2, 0) is 0 Å². The van der Waals surface area contributed by atoms with Gasteiger partial charge < -0.3 is 4.42 Å². The van der Waals surface area contributed by atoms with Crippen LogP contribution in [0.4, 0.5) is 0 Å². The first-order chi connectivity index (χ1) is 5.38. The van der Waals surface area contributed by atoms with E-state index < -0.39 is 0 Å². The van der Waals surface area contributed by atoms with Crippen molar-refractivity contribution in [2.45, 2.75) is 0 Å². The van der Waals surface area contributed by atoms with Gasteiger partial charge in [-0.05, 0) is 6.07 Å². The van der Waals surface area contributed by atoms with E-state index in [1.807, 2.05) is 6.07 Å². The number of pyridine rings is 1. The topological polar surface area (TPSA) is 34.3 Å². The summed E-state index contributed by atoms with van der Waals surface area (Å²) in [6.45, 7) is 0. The smallest absolute Gasteiger partial charge is 0.409 e. The van der Waals surface area contributed by atoms with Gasteiger partial charge in [0.1, 0.15) is 0 Å². The predicted octanol–water partition coefficient (Wildman–Crippen LogP) is 0.378. The zero-order chi connectivity index (χ0) is 7.68. The minimum Gasteiger partial charge on any atom is -0.420 e. The fourth-order valence-corrected chi connectivity index (χ4v) is 0.977. The average Bonchev–Trinajstić information content (AvgIpc) is 2.06. The molecule has 54 valence electrons. The highest BCUT2D eigenvalue weighted by atomic mass is 16.4. The SMILES string of the molecule is O=c1occ[n+]2ccccc12. The molecule has 0 spiro atoms. The Kier molecular flexibility index (Phi) is 1.22. The molecular weight excluding hydrogens is 142 g/mol. The molecule has 0 saturated carbocycles. The Morgan fingerprint density at radius 1 is 1.27 bits per heavy atom. The molecule has 11 heavy (non-hydrogen) atoms. The first-order valence-corrected chi connectivity index (χ1v) is 3.26. The second-order valence-corrected chi connectivity index (χ2v) is 2.18. The molecule has 0 amide bonds. The van der Waals surface area contributed by atoms with Gasteiger partial charge in [-0.25, -0.2) is 4.79 Å². The molecule has 0 atom stereocenters. The van der Waals surface area contributed by atoms with Gasteiger partial charge in [0.2, 0.25) is 6.20 Å². The van der Waals surface area contributed by atoms with Crippen molar-refractivity contribution in [2.24, 2.45) is 0 Å². The Hall–Kier alpha value is -1.64. The van der Waals surface area contributed by atoms with Crippen LogP contribution in [0, 0.1) is 0 Å². The Labute approximate surface area is 62.5 Å². The molecule has 2 aromatic heterocycles. The van der Waals surface area contributed by atoms with Crippen LogP contribution in [0.5, 0.6) is 0 Å². The summed E-state index contributed by atoms with van der Waals surface area (Å²) in [5.74, 6) is 0. The predicted molar refractivity (Wildman–Crippen MR) is 38.1 cm³/mol. The van der Waals surface area contributed by atoms with Crippen LogP contribution in [0.3, 0.4) is 0 Å². The van der Waals surface area contributed by atoms with Crippen LogP contribution in [0.1, 0.15) is 0 Å². The Morgan fingerprint density at radius 3 is 3.00 bits per heavy atom. The van der Waals surface area contributed by atoms with Gasteiger partial charge in [0.05, 0.1) is 0 Å². The monoisotopic (exact) mass is 148 g/mol. The van der Waals surface area contributed by atoms with E-state index in [2.05, 4.69) is 4.42 Å². The molecule has 0 fully saturated rings. The summed E-state index contributed by atoms with van der Waals surface area (Å²) in [5, 5.41) is 0. The van der Waals surface area contributed by atoms with E-state index in [9.17, 15) is 4.79 Å². The first-order valence-electron chi connectivity index (χ1n) is 3.26. The molecule has 0 aliphatic heterocycles. The molecule has 0 saturated heterocycles. The van der Waals surface area contributed by atoms with Gasteiger partial charge in [-0.3, -0.25) is 0 Å². The molecule has 0 N–H and O–H groups in total. The average molecular weight is 148 g/mol. The Morgan fingerprint density at radius 2 is 2.18 bits per heavy atom. The molecule has 2 heterocycles. The molecule has 2 rings (SSSR count). The molecule has 0 aliphatic rings. The van der Waals surface area contributed by atoms with Crippen LogP contribution >= 0.6 is 0 Å². The van der Waals surface area contributed by atoms with Crippen LogP contribution < -0.4 is 10.0 Å². The maximum atomic E-state index is 11.0. The van der Waals surface area contributed by atoms with Crippen molar-refractivity contribution in [1.29, 1.82) is 0 Å². The zero-order valence-electron chi connectivity index (χ0n) is 5.73. The van der Waals surface area contributed by atoms with Crippen molar-refractivity contribution in [2.75, 3.05) is 0 Å². The van der Waals surface area contributed by atoms with E-state index >= 15 is 0 Å². The number of fused-ring (bicyclic) bond motifs is 1. The first kappa shape index (κ1) is 6.09. The zero-order valence-corrected chi connectivity index (χ0v) is 5.73. The van der Waals surface area contributed by atoms with E-state index in [4.69, 9.17) is 0 Å². The van der Waals surface area contributed by atoms with E-state index in [0.29, 0.717) is 5.52 Å². The molecule has 2 aromatic rings. The third kappa shape index (κ3) is 0.902. The minimum atomic E-state index is -0.312. The van der Waals surface area contributed by atoms with Gasteiger partial charge in [-0.1, -0.05) is 0 Å². The second-order valence-electron chi connectivity index (χ2n) is 2.18. The van der Waals surface area contributed by atoms with Crippen LogP contribution in [0.15, 0.2) is 46.1 Å². The minimum absolute atomic E-state index is 0.312. The van der Waals surface area contributed by atoms with Crippen molar-refractivity contribution >= 4 is 5.52 Å². The summed E-state index contributed by atoms with van der Waals surface area (Å²) >= 11 is 0. The number of hydrogen-bond donors (Lipinski definition) is 0. The fraction of sp³-hybridized carbons (Fsp3) is 0. The third-order valence-corrected chi connectivity index (χ3v) is 1.50. The highest BCUT2D eigenvalue weighted by Gasteiger charge is 2.03. The molecule has 0 aliphatic carbocycles. The normalized spacial score (nSPS) is 10.2. The molecule has 0 unspecified atom stereocenters. The van der Waals surface area contributed by atoms with Crippen molar-refractivity contribution in [1.82, 2.24) is 0 Å². The van der Waals surface area contributed by atoms with Gasteiger partial charge in [0.25, 0.3) is 5.52 Å². The Balaban J connectivity index is 3.03. The molecule has 0 bridgehead atoms. The molecule has 0 aromatic carbocycles. The van der Waals surface area contributed by atoms with E-state index in [-0.39, 0.29) is 5.63 Å². The highest BCUT2D eigenvalue weighted by molar-refractivity contribution is 5.33. The number of rotatable bonds is 0. The summed E-state index contributed by atoms with van der Waals surface area (Å²) in [6.07, 6.45) is 4.86. The summed E-state index contributed by atoms with van der Waals surface area (Å²) in [6, 6.07) is 5.37. The summed E-state index contributed by atoms with van der Waals surface area (Å²) in [4.78, 5) is 11.0. The molecule has 3 nitrogen and oxygen atoms in total. The fourth-order valence-electron chi connectivity index (χ4n) is 0.977. The van der Waals surface area contributed by atoms with Crippen LogP contribution in [0.25, 0.3) is 5.52 Å². The van der Waals surface area contributed by atoms with E-state index in [1.54, 1.807) is 28.9 Å². The van der Waals surface area contributed by atoms with Gasteiger partial charge in [0, 0.05) is 12.1 Å². The number of nitrogens with zero attached hydrogens (tertiary/aromatic N) is 1. The van der Waals surface area contributed by atoms with E-state index in [0.717, 1.165) is 0 Å². The summed E-state index contributed by atoms with van der Waals surface area (Å²) < 4.78 is 6.38. The standard InChI is InChI=1S/C8H6NO2/c10-8-7-3-1-2-4-9(7)5-6-11-8/h1-6H/q+1. The van der Waals surface area contributed by atoms with Crippen molar-refractivity contribution in [3.8, 4) is 0 Å². The van der Waals surface area contributed by atoms with Crippen LogP contribution in [-0.4, -0.2) is 0 Å². The van der Waals surface area contributed by atoms with Gasteiger partial charge in [-0.15, -0.1) is 0 Å². The van der Waals surface area contributed by atoms with Crippen molar-refractivity contribution < 1.29 is 8.82 Å². The lowest BCUT2D eigenvalue weighted by atomic mass is 10.4. The maximum absolute atomic E-state index is 11.0. The van der Waals surface area contributed by atoms with Crippen molar-refractivity contribution in [3.63, 3.8) is 0 Å². The quantitative estimate of drug-likeness (QED) is 0.506. The van der Waals surface area contributed by atoms with E-state index in [1.165, 1.54) is 6.26 Å². The Bertz CT molecular complexity index is 428. The molecular formula is C8H6NO2+.